The van der Waals surface area contributed by atoms with E-state index in [0.29, 0.717) is 0 Å². The number of aliphatic hydroxyl groups is 3. The first-order chi connectivity index (χ1) is 8.60. The van der Waals surface area contributed by atoms with E-state index in [1.165, 1.54) is 19.2 Å². The zero-order valence-corrected chi connectivity index (χ0v) is 8.03. The van der Waals surface area contributed by atoms with Crippen molar-refractivity contribution in [3.05, 3.63) is 0 Å². The van der Waals surface area contributed by atoms with Crippen molar-refractivity contribution in [1.29, 1.82) is 0 Å². The molecule has 4 N–H and O–H groups in total. The van der Waals surface area contributed by atoms with Gasteiger partial charge in [-0.15, -0.1) is 0 Å². The van der Waals surface area contributed by atoms with Crippen LogP contribution in [0.3, 0.4) is 0 Å². The average molecular weight is 211 g/mol. The van der Waals surface area contributed by atoms with Gasteiger partial charge in [-0.3, -0.25) is 4.79 Å². The maximum atomic E-state index is 11.7. The number of hydrogen-bond acceptors (Lipinski definition) is 4. The summed E-state index contributed by atoms with van der Waals surface area (Å²) >= 11 is 0. The fourth-order valence-corrected chi connectivity index (χ4v) is 0.631. The molecule has 0 rings (SSSR count). The molecule has 5 heteroatoms. The number of aliphatic hydroxyl groups excluding tert-OH is 2. The van der Waals surface area contributed by atoms with Gasteiger partial charge in [0.25, 0.3) is 0 Å². The lowest BCUT2D eigenvalue weighted by atomic mass is 9.87. The lowest BCUT2D eigenvalue weighted by Crippen LogP contribution is -2.45. The molecule has 0 saturated carbocycles. The van der Waals surface area contributed by atoms with Gasteiger partial charge in [-0.2, -0.15) is 0 Å². The van der Waals surface area contributed by atoms with Crippen molar-refractivity contribution < 1.29 is 28.3 Å². The number of amides is 1. The molecule has 0 unspecified atom stereocenters. The Hall–Kier alpha value is -0.650. The van der Waals surface area contributed by atoms with E-state index in [-0.39, 0.29) is 0 Å². The molecule has 1 atom stereocenters. The average Bonchev–Trinajstić information content (AvgIpc) is 2.25. The predicted molar refractivity (Wildman–Crippen MR) is 51.6 cm³/mol. The van der Waals surface area contributed by atoms with Gasteiger partial charge in [0.2, 0.25) is 5.91 Å². The van der Waals surface area contributed by atoms with Crippen molar-refractivity contribution in [1.82, 2.24) is 5.32 Å². The second kappa shape index (κ2) is 5.95. The van der Waals surface area contributed by atoms with Crippen molar-refractivity contribution in [2.75, 3.05) is 19.7 Å². The topological polar surface area (TPSA) is 89.8 Å². The molecule has 0 aromatic carbocycles. The van der Waals surface area contributed by atoms with E-state index < -0.39 is 43.5 Å². The summed E-state index contributed by atoms with van der Waals surface area (Å²) in [6.07, 6.45) is -5.30. The van der Waals surface area contributed by atoms with Crippen LogP contribution in [-0.2, 0) is 4.79 Å². The lowest BCUT2D eigenvalue weighted by Gasteiger charge is -2.27. The minimum Gasteiger partial charge on any atom is -0.396 e. The van der Waals surface area contributed by atoms with Gasteiger partial charge in [0.1, 0.15) is 6.10 Å². The van der Waals surface area contributed by atoms with E-state index in [1.54, 1.807) is 0 Å². The molecule has 14 heavy (non-hydrogen) atoms. The predicted octanol–water partition coefficient (Wildman–Crippen LogP) is -1.14. The van der Waals surface area contributed by atoms with Crippen LogP contribution in [0.5, 0.6) is 0 Å². The lowest BCUT2D eigenvalue weighted by molar-refractivity contribution is -0.137. The van der Waals surface area contributed by atoms with Gasteiger partial charge in [0, 0.05) is 24.0 Å². The van der Waals surface area contributed by atoms with E-state index in [4.69, 9.17) is 18.4 Å². The molecule has 0 aromatic rings. The van der Waals surface area contributed by atoms with Crippen LogP contribution in [-0.4, -0.2) is 47.0 Å². The molecule has 0 aliphatic rings. The first kappa shape index (κ1) is 6.05. The molecule has 0 aliphatic heterocycles. The SMILES string of the molecule is [2H]C([2H])(O)C([2H])([2H])C([2H])([2H])NC(=O)[C@H](O)C(C)(C)CO. The Morgan fingerprint density at radius 2 is 2.14 bits per heavy atom. The highest BCUT2D eigenvalue weighted by atomic mass is 16.3. The minimum absolute atomic E-state index is 0.585. The van der Waals surface area contributed by atoms with Crippen LogP contribution in [0.15, 0.2) is 0 Å². The van der Waals surface area contributed by atoms with E-state index >= 15 is 0 Å². The third kappa shape index (κ3) is 4.04. The molecule has 1 amide bonds. The van der Waals surface area contributed by atoms with Crippen LogP contribution in [0.25, 0.3) is 0 Å². The van der Waals surface area contributed by atoms with Crippen molar-refractivity contribution in [2.24, 2.45) is 5.41 Å². The largest absolute Gasteiger partial charge is 0.396 e. The van der Waals surface area contributed by atoms with E-state index in [0.717, 1.165) is 0 Å². The van der Waals surface area contributed by atoms with Crippen LogP contribution < -0.4 is 5.32 Å². The fraction of sp³-hybridized carbons (Fsp3) is 0.889. The second-order valence-corrected chi connectivity index (χ2v) is 3.40. The van der Waals surface area contributed by atoms with E-state index in [2.05, 4.69) is 0 Å². The molecule has 0 aromatic heterocycles. The third-order valence-electron chi connectivity index (χ3n) is 1.70. The quantitative estimate of drug-likeness (QED) is 0.447. The summed E-state index contributed by atoms with van der Waals surface area (Å²) in [5, 5.41) is 29.2. The number of hydrogen-bond donors (Lipinski definition) is 4. The summed E-state index contributed by atoms with van der Waals surface area (Å²) in [7, 11) is 0. The van der Waals surface area contributed by atoms with Crippen molar-refractivity contribution in [2.45, 2.75) is 26.3 Å². The summed E-state index contributed by atoms with van der Waals surface area (Å²) in [5.41, 5.74) is -1.30. The van der Waals surface area contributed by atoms with Gasteiger partial charge >= 0.3 is 0 Å². The Bertz CT molecular complexity index is 368. The first-order valence-corrected chi connectivity index (χ1v) is 3.93. The summed E-state index contributed by atoms with van der Waals surface area (Å²) in [4.78, 5) is 11.7. The highest BCUT2D eigenvalue weighted by Crippen LogP contribution is 2.19. The molecule has 5 nitrogen and oxygen atoms in total. The highest BCUT2D eigenvalue weighted by Gasteiger charge is 2.32. The van der Waals surface area contributed by atoms with E-state index in [1.807, 2.05) is 0 Å². The maximum absolute atomic E-state index is 11.7. The van der Waals surface area contributed by atoms with Gasteiger partial charge < -0.3 is 20.6 Å². The standard InChI is InChI=1S/C9H19NO4/c1-9(2,6-12)7(13)8(14)10-4-3-5-11/h7,11-13H,3-6H2,1-2H3,(H,10,14)/t7-/m0/s1/i3D2,4D2,5D2. The second-order valence-electron chi connectivity index (χ2n) is 3.40. The number of carbonyl (C=O) groups excluding carboxylic acids is 1. The van der Waals surface area contributed by atoms with Crippen LogP contribution >= 0.6 is 0 Å². The Morgan fingerprint density at radius 1 is 1.57 bits per heavy atom. The van der Waals surface area contributed by atoms with Gasteiger partial charge in [-0.05, 0) is 6.37 Å². The monoisotopic (exact) mass is 211 g/mol. The molecule has 84 valence electrons. The summed E-state index contributed by atoms with van der Waals surface area (Å²) in [5.74, 6) is -1.33. The van der Waals surface area contributed by atoms with Crippen LogP contribution in [0, 0.1) is 5.41 Å². The Kier molecular flexibility index (Phi) is 2.57. The van der Waals surface area contributed by atoms with Crippen molar-refractivity contribution >= 4 is 5.91 Å². The molecule has 0 fully saturated rings. The molecule has 0 saturated heterocycles. The van der Waals surface area contributed by atoms with Gasteiger partial charge in [0.05, 0.1) is 9.35 Å². The zero-order chi connectivity index (χ0) is 16.6. The van der Waals surface area contributed by atoms with E-state index in [9.17, 15) is 9.90 Å². The van der Waals surface area contributed by atoms with Gasteiger partial charge in [-0.25, -0.2) is 0 Å². The molecule has 0 bridgehead atoms. The number of rotatable bonds is 6. The smallest absolute Gasteiger partial charge is 0.249 e. The number of nitrogens with one attached hydrogen (secondary N) is 1. The molecular formula is C9H19NO4. The van der Waals surface area contributed by atoms with Crippen molar-refractivity contribution in [3.63, 3.8) is 0 Å². The zero-order valence-electron chi connectivity index (χ0n) is 14.0. The molecule has 0 heterocycles. The molecule has 0 aliphatic carbocycles. The van der Waals surface area contributed by atoms with Crippen LogP contribution in [0.2, 0.25) is 0 Å². The summed E-state index contributed by atoms with van der Waals surface area (Å²) in [6.45, 7) is -4.77. The van der Waals surface area contributed by atoms with Crippen LogP contribution in [0.1, 0.15) is 28.4 Å². The fourth-order valence-electron chi connectivity index (χ4n) is 0.631. The van der Waals surface area contributed by atoms with Gasteiger partial charge in [0.15, 0.2) is 0 Å². The molecular weight excluding hydrogens is 186 g/mol. The Morgan fingerprint density at radius 3 is 2.57 bits per heavy atom. The minimum atomic E-state index is -3.55. The Labute approximate surface area is 92.2 Å². The normalized spacial score (nSPS) is 23.2. The van der Waals surface area contributed by atoms with Crippen LogP contribution in [0.4, 0.5) is 0 Å². The molecule has 0 spiro atoms. The number of carbonyl (C=O) groups is 1. The maximum Gasteiger partial charge on any atom is 0.249 e. The first-order valence-electron chi connectivity index (χ1n) is 6.93. The summed E-state index contributed by atoms with van der Waals surface area (Å²) < 4.78 is 42.9. The third-order valence-corrected chi connectivity index (χ3v) is 1.70. The highest BCUT2D eigenvalue weighted by molar-refractivity contribution is 5.81. The summed E-state index contributed by atoms with van der Waals surface area (Å²) in [6, 6.07) is 0. The molecule has 0 radical (unpaired) electrons. The van der Waals surface area contributed by atoms with Gasteiger partial charge in [-0.1, -0.05) is 13.8 Å². The van der Waals surface area contributed by atoms with Crippen molar-refractivity contribution in [3.8, 4) is 0 Å². The Balaban J connectivity index is 5.18.